The van der Waals surface area contributed by atoms with Gasteiger partial charge in [0, 0.05) is 10.6 Å². The summed E-state index contributed by atoms with van der Waals surface area (Å²) >= 11 is 0.359. The molecule has 0 aliphatic carbocycles. The number of para-hydroxylation sites is 3. The number of benzene rings is 2. The lowest BCUT2D eigenvalue weighted by Gasteiger charge is -2.13. The van der Waals surface area contributed by atoms with E-state index in [1.54, 1.807) is 24.3 Å². The second-order valence-corrected chi connectivity index (χ2v) is 5.68. The van der Waals surface area contributed by atoms with Crippen LogP contribution in [-0.2, 0) is 4.79 Å². The van der Waals surface area contributed by atoms with Crippen molar-refractivity contribution in [3.8, 4) is 5.75 Å². The first-order valence-corrected chi connectivity index (χ1v) is 7.95. The summed E-state index contributed by atoms with van der Waals surface area (Å²) in [6.07, 6.45) is 0. The van der Waals surface area contributed by atoms with E-state index in [4.69, 9.17) is 0 Å². The van der Waals surface area contributed by atoms with Gasteiger partial charge in [-0.3, -0.25) is 4.79 Å². The number of rotatable bonds is 8. The van der Waals surface area contributed by atoms with Crippen LogP contribution in [0.3, 0.4) is 0 Å². The van der Waals surface area contributed by atoms with E-state index in [0.29, 0.717) is 22.3 Å². The minimum Gasteiger partial charge on any atom is -0.433 e. The highest BCUT2D eigenvalue weighted by Crippen LogP contribution is 2.31. The van der Waals surface area contributed by atoms with Crippen LogP contribution in [-0.4, -0.2) is 24.8 Å². The zero-order valence-electron chi connectivity index (χ0n) is 12.7. The van der Waals surface area contributed by atoms with Gasteiger partial charge in [0.15, 0.2) is 0 Å². The normalized spacial score (nSPS) is 10.8. The van der Waals surface area contributed by atoms with Gasteiger partial charge in [-0.25, -0.2) is 0 Å². The molecule has 0 aliphatic heterocycles. The fourth-order valence-corrected chi connectivity index (χ4v) is 2.57. The number of carbonyl (C=O) groups excluding carboxylic acids is 1. The predicted octanol–water partition coefficient (Wildman–Crippen LogP) is 4.65. The molecule has 0 aliphatic rings. The van der Waals surface area contributed by atoms with E-state index in [2.05, 4.69) is 15.4 Å². The highest BCUT2D eigenvalue weighted by Gasteiger charge is 2.13. The molecule has 0 atom stereocenters. The van der Waals surface area contributed by atoms with Gasteiger partial charge in [0.1, 0.15) is 5.75 Å². The van der Waals surface area contributed by atoms with Crippen molar-refractivity contribution in [1.29, 1.82) is 0 Å². The van der Waals surface area contributed by atoms with Crippen molar-refractivity contribution >= 4 is 29.0 Å². The van der Waals surface area contributed by atoms with Gasteiger partial charge in [-0.05, 0) is 24.3 Å². The second-order valence-electron chi connectivity index (χ2n) is 4.65. The molecule has 0 unspecified atom stereocenters. The molecule has 2 N–H and O–H groups in total. The van der Waals surface area contributed by atoms with Crippen molar-refractivity contribution in [2.75, 3.05) is 17.2 Å². The Labute approximate surface area is 145 Å². The molecule has 0 heterocycles. The van der Waals surface area contributed by atoms with E-state index in [1.807, 2.05) is 0 Å². The Morgan fingerprint density at radius 2 is 1.64 bits per heavy atom. The Morgan fingerprint density at radius 3 is 2.32 bits per heavy atom. The van der Waals surface area contributed by atoms with Gasteiger partial charge in [-0.1, -0.05) is 36.0 Å². The van der Waals surface area contributed by atoms with Gasteiger partial charge in [0.2, 0.25) is 5.91 Å². The molecule has 25 heavy (non-hydrogen) atoms. The summed E-state index contributed by atoms with van der Waals surface area (Å²) in [7, 11) is 0. The fraction of sp³-hybridized carbons (Fsp3) is 0.188. The molecule has 0 aromatic heterocycles. The highest BCUT2D eigenvalue weighted by molar-refractivity contribution is 7.99. The van der Waals surface area contributed by atoms with Crippen LogP contribution < -0.4 is 15.4 Å². The van der Waals surface area contributed by atoms with E-state index in [9.17, 15) is 22.4 Å². The van der Waals surface area contributed by atoms with E-state index in [0.717, 1.165) is 0 Å². The molecule has 0 fully saturated rings. The minimum atomic E-state index is -3.02. The van der Waals surface area contributed by atoms with Crippen molar-refractivity contribution in [2.24, 2.45) is 0 Å². The minimum absolute atomic E-state index is 0.0878. The van der Waals surface area contributed by atoms with Crippen molar-refractivity contribution < 1.29 is 27.1 Å². The summed E-state index contributed by atoms with van der Waals surface area (Å²) in [5.41, 5.74) is 0.463. The number of halogens is 4. The molecule has 9 heteroatoms. The van der Waals surface area contributed by atoms with Crippen LogP contribution in [0.15, 0.2) is 53.4 Å². The summed E-state index contributed by atoms with van der Waals surface area (Å²) < 4.78 is 54.0. The average molecular weight is 374 g/mol. The topological polar surface area (TPSA) is 50.4 Å². The molecule has 0 bridgehead atoms. The van der Waals surface area contributed by atoms with Crippen LogP contribution in [0.1, 0.15) is 0 Å². The predicted molar refractivity (Wildman–Crippen MR) is 88.5 cm³/mol. The summed E-state index contributed by atoms with van der Waals surface area (Å²) in [6, 6.07) is 12.1. The SMILES string of the molecule is O=C(CNc1ccccc1SC(F)F)Nc1ccccc1OC(F)F. The van der Waals surface area contributed by atoms with Crippen molar-refractivity contribution in [3.05, 3.63) is 48.5 Å². The van der Waals surface area contributed by atoms with Crippen LogP contribution in [0.2, 0.25) is 0 Å². The molecule has 1 amide bonds. The quantitative estimate of drug-likeness (QED) is 0.522. The number of hydrogen-bond donors (Lipinski definition) is 2. The van der Waals surface area contributed by atoms with Gasteiger partial charge >= 0.3 is 6.61 Å². The third-order valence-corrected chi connectivity index (χ3v) is 3.71. The summed E-state index contributed by atoms with van der Waals surface area (Å²) in [5, 5.41) is 5.18. The molecular weight excluding hydrogens is 360 g/mol. The monoisotopic (exact) mass is 374 g/mol. The van der Waals surface area contributed by atoms with Gasteiger partial charge < -0.3 is 15.4 Å². The van der Waals surface area contributed by atoms with E-state index < -0.39 is 18.3 Å². The smallest absolute Gasteiger partial charge is 0.387 e. The molecule has 2 aromatic carbocycles. The van der Waals surface area contributed by atoms with Crippen LogP contribution in [0, 0.1) is 0 Å². The van der Waals surface area contributed by atoms with Crippen molar-refractivity contribution in [1.82, 2.24) is 0 Å². The molecule has 2 rings (SSSR count). The van der Waals surface area contributed by atoms with E-state index in [1.165, 1.54) is 24.3 Å². The Balaban J connectivity index is 1.98. The van der Waals surface area contributed by atoms with Crippen molar-refractivity contribution in [3.63, 3.8) is 0 Å². The number of ether oxygens (including phenoxy) is 1. The first-order valence-electron chi connectivity index (χ1n) is 7.07. The first-order chi connectivity index (χ1) is 12.0. The number of alkyl halides is 4. The largest absolute Gasteiger partial charge is 0.433 e. The Hall–Kier alpha value is -2.42. The van der Waals surface area contributed by atoms with Gasteiger partial charge in [-0.15, -0.1) is 0 Å². The van der Waals surface area contributed by atoms with Crippen LogP contribution in [0.25, 0.3) is 0 Å². The third-order valence-electron chi connectivity index (χ3n) is 2.92. The molecule has 0 spiro atoms. The Kier molecular flexibility index (Phi) is 6.93. The molecule has 0 saturated carbocycles. The third kappa shape index (κ3) is 6.18. The maximum atomic E-state index is 12.5. The standard InChI is InChI=1S/C16H14F4N2O2S/c17-15(18)24-12-7-3-1-5-10(12)22-14(23)9-21-11-6-2-4-8-13(11)25-16(19)20/h1-8,15-16,21H,9H2,(H,22,23). The molecule has 134 valence electrons. The molecule has 0 saturated heterocycles. The lowest BCUT2D eigenvalue weighted by molar-refractivity contribution is -0.114. The molecule has 4 nitrogen and oxygen atoms in total. The molecule has 0 radical (unpaired) electrons. The first kappa shape index (κ1) is 18.9. The number of nitrogens with one attached hydrogen (secondary N) is 2. The number of thioether (sulfide) groups is 1. The molecular formula is C16H14F4N2O2S. The molecule has 2 aromatic rings. The van der Waals surface area contributed by atoms with Crippen LogP contribution in [0.5, 0.6) is 5.75 Å². The van der Waals surface area contributed by atoms with Crippen LogP contribution in [0.4, 0.5) is 28.9 Å². The van der Waals surface area contributed by atoms with E-state index >= 15 is 0 Å². The van der Waals surface area contributed by atoms with Gasteiger partial charge in [0.05, 0.1) is 12.2 Å². The Morgan fingerprint density at radius 1 is 1.00 bits per heavy atom. The van der Waals surface area contributed by atoms with Crippen molar-refractivity contribution in [2.45, 2.75) is 17.3 Å². The number of hydrogen-bond acceptors (Lipinski definition) is 4. The fourth-order valence-electron chi connectivity index (χ4n) is 1.95. The maximum absolute atomic E-state index is 12.5. The number of amides is 1. The lowest BCUT2D eigenvalue weighted by atomic mass is 10.3. The Bertz CT molecular complexity index is 716. The zero-order valence-corrected chi connectivity index (χ0v) is 13.5. The number of carbonyl (C=O) groups is 1. The van der Waals surface area contributed by atoms with Gasteiger partial charge in [0.25, 0.3) is 5.76 Å². The lowest BCUT2D eigenvalue weighted by Crippen LogP contribution is -2.22. The number of anilines is 2. The summed E-state index contributed by atoms with van der Waals surface area (Å²) in [6.45, 7) is -3.25. The van der Waals surface area contributed by atoms with Gasteiger partial charge in [-0.2, -0.15) is 17.6 Å². The maximum Gasteiger partial charge on any atom is 0.387 e. The summed E-state index contributed by atoms with van der Waals surface area (Å²) in [5.74, 6) is -3.29. The van der Waals surface area contributed by atoms with E-state index in [-0.39, 0.29) is 18.0 Å². The zero-order chi connectivity index (χ0) is 18.2. The average Bonchev–Trinajstić information content (AvgIpc) is 2.55. The van der Waals surface area contributed by atoms with Crippen LogP contribution >= 0.6 is 11.8 Å². The highest BCUT2D eigenvalue weighted by atomic mass is 32.2. The second kappa shape index (κ2) is 9.16. The summed E-state index contributed by atoms with van der Waals surface area (Å²) in [4.78, 5) is 12.3.